The lowest BCUT2D eigenvalue weighted by molar-refractivity contribution is -0.126. The third-order valence-electron chi connectivity index (χ3n) is 4.22. The molecule has 32 heavy (non-hydrogen) atoms. The summed E-state index contributed by atoms with van der Waals surface area (Å²) in [6.45, 7) is 5.86. The average Bonchev–Trinajstić information content (AvgIpc) is 2.79. The van der Waals surface area contributed by atoms with Crippen LogP contribution >= 0.6 is 11.8 Å². The molecule has 0 heterocycles. The number of halogens is 1. The second kappa shape index (κ2) is 11.9. The number of amides is 1. The standard InChI is InChI=1S/C22H26ClN3O6/c1-6-31-18-10-8-15(12-20(18)32-7-2)24-25-21(14(3)27)22(28)26(23)16-9-11-17(29-4)19(13-16)30-5/h8-13,21H,6-7H2,1-5H3. The highest BCUT2D eigenvalue weighted by Crippen LogP contribution is 2.34. The number of rotatable bonds is 11. The van der Waals surface area contributed by atoms with Crippen LogP contribution in [0.3, 0.4) is 0 Å². The third kappa shape index (κ3) is 6.10. The average molecular weight is 464 g/mol. The molecular formula is C22H26ClN3O6. The normalized spacial score (nSPS) is 11.7. The van der Waals surface area contributed by atoms with E-state index in [-0.39, 0.29) is 5.69 Å². The van der Waals surface area contributed by atoms with Gasteiger partial charge in [0.1, 0.15) is 0 Å². The summed E-state index contributed by atoms with van der Waals surface area (Å²) in [5.41, 5.74) is 0.679. The van der Waals surface area contributed by atoms with E-state index in [1.165, 1.54) is 27.2 Å². The van der Waals surface area contributed by atoms with Gasteiger partial charge in [0.05, 0.1) is 38.8 Å². The lowest BCUT2D eigenvalue weighted by atomic mass is 10.2. The number of carbonyl (C=O) groups is 2. The van der Waals surface area contributed by atoms with Crippen molar-refractivity contribution in [3.63, 3.8) is 0 Å². The van der Waals surface area contributed by atoms with Crippen LogP contribution in [-0.4, -0.2) is 45.2 Å². The molecule has 0 saturated heterocycles. The monoisotopic (exact) mass is 463 g/mol. The number of ketones is 1. The highest BCUT2D eigenvalue weighted by Gasteiger charge is 2.29. The molecule has 172 valence electrons. The maximum Gasteiger partial charge on any atom is 0.276 e. The zero-order chi connectivity index (χ0) is 23.7. The van der Waals surface area contributed by atoms with Gasteiger partial charge in [0, 0.05) is 23.9 Å². The molecule has 2 aromatic rings. The minimum atomic E-state index is -1.43. The van der Waals surface area contributed by atoms with Gasteiger partial charge in [0.2, 0.25) is 6.04 Å². The molecule has 0 aromatic heterocycles. The van der Waals surface area contributed by atoms with Crippen molar-refractivity contribution in [1.82, 2.24) is 0 Å². The van der Waals surface area contributed by atoms with Crippen molar-refractivity contribution >= 4 is 34.8 Å². The minimum Gasteiger partial charge on any atom is -0.493 e. The largest absolute Gasteiger partial charge is 0.493 e. The molecule has 0 aliphatic rings. The minimum absolute atomic E-state index is 0.287. The van der Waals surface area contributed by atoms with Crippen molar-refractivity contribution in [2.75, 3.05) is 31.9 Å². The maximum absolute atomic E-state index is 12.9. The zero-order valence-electron chi connectivity index (χ0n) is 18.6. The van der Waals surface area contributed by atoms with Crippen LogP contribution in [0.5, 0.6) is 23.0 Å². The number of hydrogen-bond acceptors (Lipinski definition) is 8. The van der Waals surface area contributed by atoms with E-state index in [0.717, 1.165) is 4.42 Å². The fourth-order valence-corrected chi connectivity index (χ4v) is 2.91. The first-order valence-electron chi connectivity index (χ1n) is 9.88. The van der Waals surface area contributed by atoms with E-state index in [4.69, 9.17) is 30.7 Å². The fourth-order valence-electron chi connectivity index (χ4n) is 2.71. The maximum atomic E-state index is 12.9. The highest BCUT2D eigenvalue weighted by atomic mass is 35.5. The van der Waals surface area contributed by atoms with Crippen molar-refractivity contribution in [1.29, 1.82) is 0 Å². The van der Waals surface area contributed by atoms with Crippen LogP contribution in [0.4, 0.5) is 11.4 Å². The van der Waals surface area contributed by atoms with E-state index in [1.54, 1.807) is 30.3 Å². The Hall–Kier alpha value is -3.33. The van der Waals surface area contributed by atoms with Gasteiger partial charge in [0.25, 0.3) is 5.91 Å². The number of anilines is 1. The Morgan fingerprint density at radius 3 is 2.16 bits per heavy atom. The summed E-state index contributed by atoms with van der Waals surface area (Å²) >= 11 is 6.22. The lowest BCUT2D eigenvalue weighted by Crippen LogP contribution is -2.36. The summed E-state index contributed by atoms with van der Waals surface area (Å²) in [7, 11) is 2.95. The van der Waals surface area contributed by atoms with E-state index in [2.05, 4.69) is 10.2 Å². The molecule has 2 aromatic carbocycles. The summed E-state index contributed by atoms with van der Waals surface area (Å²) in [4.78, 5) is 25.0. The van der Waals surface area contributed by atoms with Crippen LogP contribution in [0, 0.1) is 0 Å². The SMILES string of the molecule is CCOc1ccc(N=NC(C(C)=O)C(=O)N(Cl)c2ccc(OC)c(OC)c2)cc1OCC. The molecule has 2 rings (SSSR count). The van der Waals surface area contributed by atoms with E-state index >= 15 is 0 Å². The number of hydrogen-bond donors (Lipinski definition) is 0. The van der Waals surface area contributed by atoms with Gasteiger partial charge in [-0.05, 0) is 45.0 Å². The number of carbonyl (C=O) groups excluding carboxylic acids is 2. The van der Waals surface area contributed by atoms with E-state index in [0.29, 0.717) is 41.9 Å². The van der Waals surface area contributed by atoms with Crippen LogP contribution in [0.1, 0.15) is 20.8 Å². The zero-order valence-corrected chi connectivity index (χ0v) is 19.4. The molecule has 0 bridgehead atoms. The Labute approximate surface area is 192 Å². The molecule has 10 heteroatoms. The summed E-state index contributed by atoms with van der Waals surface area (Å²) in [5, 5.41) is 7.99. The molecule has 9 nitrogen and oxygen atoms in total. The number of ether oxygens (including phenoxy) is 4. The van der Waals surface area contributed by atoms with Crippen LogP contribution in [0.15, 0.2) is 46.6 Å². The molecule has 0 spiro atoms. The number of azo groups is 1. The molecule has 0 aliphatic carbocycles. The van der Waals surface area contributed by atoms with Gasteiger partial charge in [-0.3, -0.25) is 9.59 Å². The molecule has 0 radical (unpaired) electrons. The van der Waals surface area contributed by atoms with Crippen LogP contribution in [0.2, 0.25) is 0 Å². The van der Waals surface area contributed by atoms with Crippen LogP contribution in [0.25, 0.3) is 0 Å². The summed E-state index contributed by atoms with van der Waals surface area (Å²) in [6, 6.07) is 8.18. The third-order valence-corrected chi connectivity index (χ3v) is 4.58. The van der Waals surface area contributed by atoms with Crippen molar-refractivity contribution in [3.8, 4) is 23.0 Å². The molecular weight excluding hydrogens is 438 g/mol. The number of benzene rings is 2. The molecule has 0 saturated carbocycles. The van der Waals surface area contributed by atoms with Gasteiger partial charge < -0.3 is 18.9 Å². The Balaban J connectivity index is 2.28. The number of methoxy groups -OCH3 is 2. The van der Waals surface area contributed by atoms with Crippen molar-refractivity contribution in [2.24, 2.45) is 10.2 Å². The van der Waals surface area contributed by atoms with E-state index in [1.807, 2.05) is 13.8 Å². The summed E-state index contributed by atoms with van der Waals surface area (Å²) in [5.74, 6) is 0.625. The Bertz CT molecular complexity index is 982. The molecule has 0 N–H and O–H groups in total. The van der Waals surface area contributed by atoms with Gasteiger partial charge in [0.15, 0.2) is 28.8 Å². The van der Waals surface area contributed by atoms with Crippen molar-refractivity contribution in [2.45, 2.75) is 26.8 Å². The van der Waals surface area contributed by atoms with Crippen molar-refractivity contribution in [3.05, 3.63) is 36.4 Å². The molecule has 1 atom stereocenters. The fraction of sp³-hybridized carbons (Fsp3) is 0.364. The van der Waals surface area contributed by atoms with Crippen LogP contribution in [-0.2, 0) is 9.59 Å². The quantitative estimate of drug-likeness (QED) is 0.271. The molecule has 1 amide bonds. The first-order valence-corrected chi connectivity index (χ1v) is 10.2. The summed E-state index contributed by atoms with van der Waals surface area (Å²) < 4.78 is 22.3. The Morgan fingerprint density at radius 1 is 0.938 bits per heavy atom. The van der Waals surface area contributed by atoms with Gasteiger partial charge in [-0.25, -0.2) is 4.42 Å². The van der Waals surface area contributed by atoms with E-state index < -0.39 is 17.7 Å². The molecule has 0 fully saturated rings. The van der Waals surface area contributed by atoms with Gasteiger partial charge in [-0.2, -0.15) is 10.2 Å². The lowest BCUT2D eigenvalue weighted by Gasteiger charge is -2.18. The second-order valence-corrected chi connectivity index (χ2v) is 6.72. The Kier molecular flexibility index (Phi) is 9.27. The van der Waals surface area contributed by atoms with Gasteiger partial charge in [-0.1, -0.05) is 0 Å². The first kappa shape index (κ1) is 24.9. The number of Topliss-reactive ketones (excluding diaryl/α,β-unsaturated/α-hetero) is 1. The summed E-state index contributed by atoms with van der Waals surface area (Å²) in [6.07, 6.45) is 0. The van der Waals surface area contributed by atoms with Crippen LogP contribution < -0.4 is 23.4 Å². The predicted molar refractivity (Wildman–Crippen MR) is 121 cm³/mol. The Morgan fingerprint density at radius 2 is 1.56 bits per heavy atom. The first-order chi connectivity index (χ1) is 15.4. The number of nitrogens with zero attached hydrogens (tertiary/aromatic N) is 3. The second-order valence-electron chi connectivity index (χ2n) is 6.38. The van der Waals surface area contributed by atoms with Gasteiger partial charge >= 0.3 is 0 Å². The van der Waals surface area contributed by atoms with E-state index in [9.17, 15) is 9.59 Å². The topological polar surface area (TPSA) is 99.0 Å². The van der Waals surface area contributed by atoms with Gasteiger partial charge in [-0.15, -0.1) is 0 Å². The van der Waals surface area contributed by atoms with Crippen molar-refractivity contribution < 1.29 is 28.5 Å². The molecule has 1 unspecified atom stereocenters. The molecule has 0 aliphatic heterocycles. The smallest absolute Gasteiger partial charge is 0.276 e. The highest BCUT2D eigenvalue weighted by molar-refractivity contribution is 6.39. The predicted octanol–water partition coefficient (Wildman–Crippen LogP) is 4.73.